The number of amides is 1. The fourth-order valence-corrected chi connectivity index (χ4v) is 5.83. The van der Waals surface area contributed by atoms with E-state index in [1.54, 1.807) is 36.1 Å². The summed E-state index contributed by atoms with van der Waals surface area (Å²) in [5.74, 6) is 0.151. The first-order valence-corrected chi connectivity index (χ1v) is 12.9. The van der Waals surface area contributed by atoms with Crippen LogP contribution in [0, 0.1) is 12.7 Å². The Hall–Kier alpha value is -2.75. The molecule has 2 aromatic rings. The quantitative estimate of drug-likeness (QED) is 0.634. The number of nitrogens with zero attached hydrogens (tertiary/aromatic N) is 2. The number of rotatable bonds is 6. The van der Waals surface area contributed by atoms with E-state index in [0.717, 1.165) is 0 Å². The van der Waals surface area contributed by atoms with Gasteiger partial charge in [0.1, 0.15) is 17.7 Å². The van der Waals surface area contributed by atoms with Crippen LogP contribution in [0.5, 0.6) is 5.75 Å². The number of carbonyl (C=O) groups is 1. The van der Waals surface area contributed by atoms with E-state index in [1.165, 1.54) is 12.1 Å². The van der Waals surface area contributed by atoms with Crippen LogP contribution in [0.15, 0.2) is 53.9 Å². The number of ether oxygens (including phenoxy) is 1. The zero-order chi connectivity index (χ0) is 24.5. The van der Waals surface area contributed by atoms with Crippen molar-refractivity contribution >= 4 is 15.9 Å². The molecule has 34 heavy (non-hydrogen) atoms. The van der Waals surface area contributed by atoms with Crippen LogP contribution in [0.1, 0.15) is 29.7 Å². The zero-order valence-electron chi connectivity index (χ0n) is 19.5. The van der Waals surface area contributed by atoms with E-state index in [1.807, 2.05) is 13.0 Å². The van der Waals surface area contributed by atoms with E-state index < -0.39 is 16.1 Å². The molecule has 2 heterocycles. The van der Waals surface area contributed by atoms with Gasteiger partial charge in [0, 0.05) is 38.8 Å². The van der Waals surface area contributed by atoms with Gasteiger partial charge >= 0.3 is 0 Å². The SMILES string of the molecule is C=CC(=O)N1CCN(C[C@@H](Oc2ccc3c(c2)CCNS3(=O)=O)c2ccc(C)c(F)c2)C[C@H]1C. The van der Waals surface area contributed by atoms with Crippen LogP contribution < -0.4 is 9.46 Å². The molecule has 9 heteroatoms. The summed E-state index contributed by atoms with van der Waals surface area (Å²) in [5.41, 5.74) is 1.96. The molecule has 0 unspecified atom stereocenters. The average Bonchev–Trinajstić information content (AvgIpc) is 2.80. The van der Waals surface area contributed by atoms with Crippen LogP contribution in [0.2, 0.25) is 0 Å². The van der Waals surface area contributed by atoms with Crippen LogP contribution in [0.4, 0.5) is 4.39 Å². The maximum atomic E-state index is 14.4. The van der Waals surface area contributed by atoms with Gasteiger partial charge in [-0.15, -0.1) is 0 Å². The lowest BCUT2D eigenvalue weighted by atomic mass is 10.0. The summed E-state index contributed by atoms with van der Waals surface area (Å²) >= 11 is 0. The molecule has 4 rings (SSSR count). The minimum Gasteiger partial charge on any atom is -0.484 e. The lowest BCUT2D eigenvalue weighted by Crippen LogP contribution is -2.54. The van der Waals surface area contributed by atoms with Crippen molar-refractivity contribution in [1.82, 2.24) is 14.5 Å². The molecule has 1 amide bonds. The first-order chi connectivity index (χ1) is 16.2. The predicted molar refractivity (Wildman–Crippen MR) is 128 cm³/mol. The molecular weight excluding hydrogens is 457 g/mol. The van der Waals surface area contributed by atoms with E-state index in [4.69, 9.17) is 4.74 Å². The molecule has 0 spiro atoms. The first kappa shape index (κ1) is 24.4. The van der Waals surface area contributed by atoms with Crippen LogP contribution in [-0.4, -0.2) is 62.9 Å². The number of sulfonamides is 1. The van der Waals surface area contributed by atoms with E-state index in [2.05, 4.69) is 16.2 Å². The molecule has 1 N–H and O–H groups in total. The van der Waals surface area contributed by atoms with Crippen LogP contribution in [-0.2, 0) is 21.2 Å². The van der Waals surface area contributed by atoms with Crippen molar-refractivity contribution in [2.24, 2.45) is 0 Å². The number of halogens is 1. The molecule has 1 saturated heterocycles. The number of nitrogens with one attached hydrogen (secondary N) is 1. The molecule has 7 nitrogen and oxygen atoms in total. The summed E-state index contributed by atoms with van der Waals surface area (Å²) in [6, 6.07) is 10.1. The maximum Gasteiger partial charge on any atom is 0.246 e. The molecule has 2 aromatic carbocycles. The van der Waals surface area contributed by atoms with Gasteiger partial charge in [-0.1, -0.05) is 18.7 Å². The Kier molecular flexibility index (Phi) is 7.06. The number of benzene rings is 2. The van der Waals surface area contributed by atoms with E-state index in [0.29, 0.717) is 61.6 Å². The summed E-state index contributed by atoms with van der Waals surface area (Å²) in [4.78, 5) is 16.3. The summed E-state index contributed by atoms with van der Waals surface area (Å²) < 4.78 is 47.8. The van der Waals surface area contributed by atoms with Crippen molar-refractivity contribution in [3.8, 4) is 5.75 Å². The Bertz CT molecular complexity index is 1200. The van der Waals surface area contributed by atoms with E-state index in [9.17, 15) is 17.6 Å². The summed E-state index contributed by atoms with van der Waals surface area (Å²) in [6.07, 6.45) is 1.44. The number of hydrogen-bond donors (Lipinski definition) is 1. The number of piperazine rings is 1. The van der Waals surface area contributed by atoms with Gasteiger partial charge in [-0.05, 0) is 67.3 Å². The lowest BCUT2D eigenvalue weighted by molar-refractivity contribution is -0.130. The molecule has 0 aromatic heterocycles. The monoisotopic (exact) mass is 487 g/mol. The minimum atomic E-state index is -3.50. The third-order valence-electron chi connectivity index (χ3n) is 6.45. The van der Waals surface area contributed by atoms with Crippen molar-refractivity contribution in [2.75, 3.05) is 32.7 Å². The van der Waals surface area contributed by atoms with Crippen LogP contribution in [0.25, 0.3) is 0 Å². The smallest absolute Gasteiger partial charge is 0.246 e. The minimum absolute atomic E-state index is 0.0103. The highest BCUT2D eigenvalue weighted by Gasteiger charge is 2.29. The van der Waals surface area contributed by atoms with Gasteiger partial charge < -0.3 is 9.64 Å². The van der Waals surface area contributed by atoms with Gasteiger partial charge in [-0.2, -0.15) is 0 Å². The van der Waals surface area contributed by atoms with Crippen LogP contribution >= 0.6 is 0 Å². The Balaban J connectivity index is 1.58. The number of hydrogen-bond acceptors (Lipinski definition) is 5. The topological polar surface area (TPSA) is 79.0 Å². The Morgan fingerprint density at radius 1 is 1.29 bits per heavy atom. The molecule has 182 valence electrons. The van der Waals surface area contributed by atoms with E-state index in [-0.39, 0.29) is 22.7 Å². The molecule has 2 atom stereocenters. The summed E-state index contributed by atoms with van der Waals surface area (Å²) in [5, 5.41) is 0. The van der Waals surface area contributed by atoms with Gasteiger partial charge in [-0.3, -0.25) is 9.69 Å². The van der Waals surface area contributed by atoms with Gasteiger partial charge in [0.25, 0.3) is 0 Å². The Morgan fingerprint density at radius 3 is 2.79 bits per heavy atom. The van der Waals surface area contributed by atoms with Gasteiger partial charge in [0.05, 0.1) is 4.90 Å². The normalized spacial score (nSPS) is 20.9. The molecule has 2 aliphatic rings. The number of fused-ring (bicyclic) bond motifs is 1. The van der Waals surface area contributed by atoms with Crippen molar-refractivity contribution in [3.63, 3.8) is 0 Å². The van der Waals surface area contributed by atoms with Crippen LogP contribution in [0.3, 0.4) is 0 Å². The van der Waals surface area contributed by atoms with Crippen molar-refractivity contribution in [3.05, 3.63) is 71.6 Å². The first-order valence-electron chi connectivity index (χ1n) is 11.4. The van der Waals surface area contributed by atoms with Gasteiger partial charge in [0.2, 0.25) is 15.9 Å². The molecule has 0 saturated carbocycles. The standard InChI is InChI=1S/C25H30FN3O4S/c1-4-25(30)29-12-11-28(15-18(29)3)16-23(19-6-5-17(2)22(26)14-19)33-21-7-8-24-20(13-21)9-10-27-34(24,31)32/h4-8,13-14,18,23,27H,1,9-12,15-16H2,2-3H3/t18-,23-/m1/s1. The molecule has 0 aliphatic carbocycles. The fourth-order valence-electron chi connectivity index (χ4n) is 4.55. The second kappa shape index (κ2) is 9.85. The van der Waals surface area contributed by atoms with E-state index >= 15 is 0 Å². The lowest BCUT2D eigenvalue weighted by Gasteiger charge is -2.40. The molecule has 1 fully saturated rings. The highest BCUT2D eigenvalue weighted by Crippen LogP contribution is 2.30. The molecule has 2 aliphatic heterocycles. The summed E-state index contributed by atoms with van der Waals surface area (Å²) in [6.45, 7) is 10.0. The average molecular weight is 488 g/mol. The Morgan fingerprint density at radius 2 is 2.09 bits per heavy atom. The van der Waals surface area contributed by atoms with Crippen molar-refractivity contribution < 1.29 is 22.3 Å². The molecule has 0 radical (unpaired) electrons. The third kappa shape index (κ3) is 5.16. The second-order valence-electron chi connectivity index (χ2n) is 8.88. The van der Waals surface area contributed by atoms with Gasteiger partial charge in [0.15, 0.2) is 0 Å². The molecule has 0 bridgehead atoms. The number of aryl methyl sites for hydroxylation is 1. The summed E-state index contributed by atoms with van der Waals surface area (Å²) in [7, 11) is -3.50. The maximum absolute atomic E-state index is 14.4. The fraction of sp³-hybridized carbons (Fsp3) is 0.400. The van der Waals surface area contributed by atoms with Crippen molar-refractivity contribution in [1.29, 1.82) is 0 Å². The Labute approximate surface area is 200 Å². The van der Waals surface area contributed by atoms with Gasteiger partial charge in [-0.25, -0.2) is 17.5 Å². The largest absolute Gasteiger partial charge is 0.484 e. The zero-order valence-corrected chi connectivity index (χ0v) is 20.3. The highest BCUT2D eigenvalue weighted by atomic mass is 32.2. The number of carbonyl (C=O) groups excluding carboxylic acids is 1. The second-order valence-corrected chi connectivity index (χ2v) is 10.6. The third-order valence-corrected chi connectivity index (χ3v) is 8.01. The van der Waals surface area contributed by atoms with Crippen molar-refractivity contribution in [2.45, 2.75) is 37.3 Å². The molecular formula is C25H30FN3O4S. The predicted octanol–water partition coefficient (Wildman–Crippen LogP) is 2.81. The highest BCUT2D eigenvalue weighted by molar-refractivity contribution is 7.89.